The second-order valence-electron chi connectivity index (χ2n) is 3.97. The van der Waals surface area contributed by atoms with E-state index in [0.717, 1.165) is 18.4 Å². The quantitative estimate of drug-likeness (QED) is 0.707. The lowest BCUT2D eigenvalue weighted by atomic mass is 9.64. The maximum Gasteiger partial charge on any atom is 0.224 e. The van der Waals surface area contributed by atoms with Crippen molar-refractivity contribution < 1.29 is 5.11 Å². The third-order valence-corrected chi connectivity index (χ3v) is 3.17. The normalized spacial score (nSPS) is 18.2. The molecule has 2 heteroatoms. The Kier molecular flexibility index (Phi) is 2.17. The summed E-state index contributed by atoms with van der Waals surface area (Å²) in [6, 6.07) is 7.40. The van der Waals surface area contributed by atoms with E-state index in [2.05, 4.69) is 4.85 Å². The molecule has 0 atom stereocenters. The fraction of sp³-hybridized carbons (Fsp3) is 0.417. The molecule has 0 aliphatic heterocycles. The first-order valence-electron chi connectivity index (χ1n) is 4.90. The molecule has 0 bridgehead atoms. The Morgan fingerprint density at radius 1 is 1.36 bits per heavy atom. The van der Waals surface area contributed by atoms with Gasteiger partial charge in [-0.3, -0.25) is 0 Å². The van der Waals surface area contributed by atoms with E-state index >= 15 is 0 Å². The van der Waals surface area contributed by atoms with Gasteiger partial charge in [-0.15, -0.1) is 0 Å². The van der Waals surface area contributed by atoms with Crippen LogP contribution in [0.25, 0.3) is 4.85 Å². The van der Waals surface area contributed by atoms with Crippen LogP contribution in [0.5, 0.6) is 5.75 Å². The summed E-state index contributed by atoms with van der Waals surface area (Å²) in [6.45, 7) is 7.46. The zero-order valence-corrected chi connectivity index (χ0v) is 8.03. The second-order valence-corrected chi connectivity index (χ2v) is 3.97. The molecule has 14 heavy (non-hydrogen) atoms. The van der Waals surface area contributed by atoms with Crippen molar-refractivity contribution in [3.8, 4) is 5.75 Å². The molecule has 0 unspecified atom stereocenters. The standard InChI is InChI=1S/C12H13NO/c1-13-9-12(7-4-8-12)10-5-2-3-6-11(10)14/h2-3,5-6,14H,4,7-9H2. The first kappa shape index (κ1) is 9.08. The Morgan fingerprint density at radius 3 is 2.57 bits per heavy atom. The van der Waals surface area contributed by atoms with E-state index in [-0.39, 0.29) is 5.41 Å². The molecule has 0 radical (unpaired) electrons. The van der Waals surface area contributed by atoms with Crippen LogP contribution in [0.1, 0.15) is 24.8 Å². The summed E-state index contributed by atoms with van der Waals surface area (Å²) >= 11 is 0. The summed E-state index contributed by atoms with van der Waals surface area (Å²) < 4.78 is 0. The first-order chi connectivity index (χ1) is 6.78. The second kappa shape index (κ2) is 3.34. The topological polar surface area (TPSA) is 24.6 Å². The van der Waals surface area contributed by atoms with Crippen LogP contribution in [0.3, 0.4) is 0 Å². The number of rotatable bonds is 2. The first-order valence-corrected chi connectivity index (χ1v) is 4.90. The van der Waals surface area contributed by atoms with E-state index in [9.17, 15) is 5.11 Å². The summed E-state index contributed by atoms with van der Waals surface area (Å²) in [4.78, 5) is 3.49. The zero-order valence-electron chi connectivity index (χ0n) is 8.03. The van der Waals surface area contributed by atoms with Crippen LogP contribution in [-0.4, -0.2) is 11.7 Å². The Morgan fingerprint density at radius 2 is 2.07 bits per heavy atom. The van der Waals surface area contributed by atoms with Crippen LogP contribution in [0.4, 0.5) is 0 Å². The molecule has 0 heterocycles. The van der Waals surface area contributed by atoms with Gasteiger partial charge in [0.05, 0.1) is 5.41 Å². The Hall–Kier alpha value is -1.49. The van der Waals surface area contributed by atoms with Crippen LogP contribution in [-0.2, 0) is 5.41 Å². The minimum Gasteiger partial charge on any atom is -0.508 e. The van der Waals surface area contributed by atoms with E-state index < -0.39 is 0 Å². The monoisotopic (exact) mass is 187 g/mol. The summed E-state index contributed by atoms with van der Waals surface area (Å²) in [6.07, 6.45) is 3.24. The molecule has 72 valence electrons. The molecular formula is C12H13NO. The lowest BCUT2D eigenvalue weighted by Gasteiger charge is -2.38. The van der Waals surface area contributed by atoms with E-state index in [0.29, 0.717) is 12.3 Å². The van der Waals surface area contributed by atoms with Crippen molar-refractivity contribution in [2.75, 3.05) is 6.54 Å². The van der Waals surface area contributed by atoms with Crippen molar-refractivity contribution in [1.82, 2.24) is 0 Å². The van der Waals surface area contributed by atoms with Crippen molar-refractivity contribution in [3.05, 3.63) is 41.2 Å². The number of hydrogen-bond donors (Lipinski definition) is 1. The Bertz CT molecular complexity index is 374. The zero-order chi connectivity index (χ0) is 10.0. The highest BCUT2D eigenvalue weighted by Crippen LogP contribution is 2.46. The predicted molar refractivity (Wildman–Crippen MR) is 55.1 cm³/mol. The number of aromatic hydroxyl groups is 1. The minimum absolute atomic E-state index is 0.0485. The SMILES string of the molecule is [C-]#[N+]CC1(c2ccccc2O)CCC1. The molecule has 1 aliphatic carbocycles. The van der Waals surface area contributed by atoms with Crippen LogP contribution >= 0.6 is 0 Å². The highest BCUT2D eigenvalue weighted by molar-refractivity contribution is 5.40. The van der Waals surface area contributed by atoms with Gasteiger partial charge in [0.1, 0.15) is 5.75 Å². The van der Waals surface area contributed by atoms with Crippen LogP contribution < -0.4 is 0 Å². The molecule has 2 rings (SSSR count). The summed E-state index contributed by atoms with van der Waals surface area (Å²) in [7, 11) is 0. The maximum atomic E-state index is 9.73. The molecular weight excluding hydrogens is 174 g/mol. The van der Waals surface area contributed by atoms with E-state index in [1.54, 1.807) is 6.07 Å². The smallest absolute Gasteiger partial charge is 0.224 e. The number of benzene rings is 1. The van der Waals surface area contributed by atoms with Gasteiger partial charge in [-0.2, -0.15) is 0 Å². The fourth-order valence-corrected chi connectivity index (χ4v) is 2.19. The highest BCUT2D eigenvalue weighted by Gasteiger charge is 2.43. The molecule has 1 aromatic rings. The lowest BCUT2D eigenvalue weighted by Crippen LogP contribution is -2.36. The van der Waals surface area contributed by atoms with Gasteiger partial charge < -0.3 is 9.95 Å². The Balaban J connectivity index is 2.37. The molecule has 2 nitrogen and oxygen atoms in total. The third-order valence-electron chi connectivity index (χ3n) is 3.17. The molecule has 0 saturated heterocycles. The largest absolute Gasteiger partial charge is 0.508 e. The molecule has 1 fully saturated rings. The van der Waals surface area contributed by atoms with Gasteiger partial charge >= 0.3 is 0 Å². The lowest BCUT2D eigenvalue weighted by molar-refractivity contribution is 0.257. The maximum absolute atomic E-state index is 9.73. The van der Waals surface area contributed by atoms with Crippen LogP contribution in [0, 0.1) is 6.57 Å². The number of nitrogens with zero attached hydrogens (tertiary/aromatic N) is 1. The van der Waals surface area contributed by atoms with Crippen molar-refractivity contribution in [3.63, 3.8) is 0 Å². The van der Waals surface area contributed by atoms with Gasteiger partial charge in [0, 0.05) is 5.56 Å². The van der Waals surface area contributed by atoms with Crippen molar-refractivity contribution >= 4 is 0 Å². The van der Waals surface area contributed by atoms with E-state index in [1.807, 2.05) is 18.2 Å². The van der Waals surface area contributed by atoms with Crippen molar-refractivity contribution in [1.29, 1.82) is 0 Å². The number of para-hydroxylation sites is 1. The third kappa shape index (κ3) is 1.26. The molecule has 0 spiro atoms. The van der Waals surface area contributed by atoms with Gasteiger partial charge in [0.15, 0.2) is 0 Å². The fourth-order valence-electron chi connectivity index (χ4n) is 2.19. The van der Waals surface area contributed by atoms with Crippen molar-refractivity contribution in [2.24, 2.45) is 0 Å². The van der Waals surface area contributed by atoms with E-state index in [1.165, 1.54) is 6.42 Å². The predicted octanol–water partition coefficient (Wildman–Crippen LogP) is 2.73. The van der Waals surface area contributed by atoms with Gasteiger partial charge in [-0.1, -0.05) is 24.6 Å². The number of phenols is 1. The summed E-state index contributed by atoms with van der Waals surface area (Å²) in [5, 5.41) is 9.73. The highest BCUT2D eigenvalue weighted by atomic mass is 16.3. The molecule has 1 N–H and O–H groups in total. The summed E-state index contributed by atoms with van der Waals surface area (Å²) in [5.41, 5.74) is 0.912. The average molecular weight is 187 g/mol. The average Bonchev–Trinajstić information content (AvgIpc) is 2.13. The number of hydrogen-bond acceptors (Lipinski definition) is 1. The molecule has 1 saturated carbocycles. The molecule has 0 aromatic heterocycles. The van der Waals surface area contributed by atoms with Crippen LogP contribution in [0.2, 0.25) is 0 Å². The number of phenolic OH excluding ortho intramolecular Hbond substituents is 1. The summed E-state index contributed by atoms with van der Waals surface area (Å²) in [5.74, 6) is 0.343. The van der Waals surface area contributed by atoms with Crippen LogP contribution in [0.15, 0.2) is 24.3 Å². The van der Waals surface area contributed by atoms with Crippen molar-refractivity contribution in [2.45, 2.75) is 24.7 Å². The Labute approximate surface area is 84.0 Å². The van der Waals surface area contributed by atoms with Gasteiger partial charge in [-0.05, 0) is 18.9 Å². The molecule has 1 aromatic carbocycles. The van der Waals surface area contributed by atoms with Gasteiger partial charge in [0.25, 0.3) is 0 Å². The minimum atomic E-state index is -0.0485. The van der Waals surface area contributed by atoms with Gasteiger partial charge in [0.2, 0.25) is 6.54 Å². The molecule has 1 aliphatic rings. The van der Waals surface area contributed by atoms with Gasteiger partial charge in [-0.25, -0.2) is 6.57 Å². The molecule has 0 amide bonds. The van der Waals surface area contributed by atoms with E-state index in [4.69, 9.17) is 6.57 Å².